The van der Waals surface area contributed by atoms with Crippen molar-refractivity contribution in [3.8, 4) is 27.8 Å². The zero-order valence-corrected chi connectivity index (χ0v) is 26.3. The number of amides is 2. The van der Waals surface area contributed by atoms with Gasteiger partial charge in [0.1, 0.15) is 10.8 Å². The molecule has 0 spiro atoms. The van der Waals surface area contributed by atoms with E-state index in [0.717, 1.165) is 22.4 Å². The van der Waals surface area contributed by atoms with Crippen molar-refractivity contribution in [1.29, 1.82) is 0 Å². The van der Waals surface area contributed by atoms with Gasteiger partial charge in [-0.25, -0.2) is 0 Å². The van der Waals surface area contributed by atoms with Crippen LogP contribution in [0.5, 0.6) is 17.2 Å². The molecule has 0 aliphatic rings. The van der Waals surface area contributed by atoms with Gasteiger partial charge in [0.2, 0.25) is 11.0 Å². The van der Waals surface area contributed by atoms with E-state index in [1.807, 2.05) is 66.7 Å². The number of methoxy groups -OCH3 is 3. The Morgan fingerprint density at radius 2 is 1.53 bits per heavy atom. The number of rotatable bonds is 12. The molecule has 226 valence electrons. The lowest BCUT2D eigenvalue weighted by molar-refractivity contribution is -0.116. The summed E-state index contributed by atoms with van der Waals surface area (Å²) in [6, 6.07) is 20.9. The van der Waals surface area contributed by atoms with Gasteiger partial charge in [0.15, 0.2) is 11.5 Å². The zero-order valence-electron chi connectivity index (χ0n) is 25.5. The minimum Gasteiger partial charge on any atom is -0.497 e. The monoisotopic (exact) mass is 602 g/mol. The number of nitrogens with one attached hydrogen (secondary N) is 1. The minimum absolute atomic E-state index is 0.0231. The highest BCUT2D eigenvalue weighted by molar-refractivity contribution is 7.18. The van der Waals surface area contributed by atoms with Crippen LogP contribution in [0.25, 0.3) is 10.6 Å². The van der Waals surface area contributed by atoms with E-state index in [4.69, 9.17) is 14.2 Å². The number of hydrogen-bond donors (Lipinski definition) is 1. The second-order valence-electron chi connectivity index (χ2n) is 11.0. The molecule has 1 aromatic heterocycles. The first-order valence-electron chi connectivity index (χ1n) is 14.0. The maximum atomic E-state index is 13.6. The maximum Gasteiger partial charge on any atom is 0.253 e. The third-order valence-corrected chi connectivity index (χ3v) is 7.91. The van der Waals surface area contributed by atoms with Crippen molar-refractivity contribution >= 4 is 28.3 Å². The molecule has 0 saturated heterocycles. The summed E-state index contributed by atoms with van der Waals surface area (Å²) in [4.78, 5) is 28.3. The minimum atomic E-state index is -0.246. The average molecular weight is 603 g/mol. The van der Waals surface area contributed by atoms with E-state index < -0.39 is 0 Å². The summed E-state index contributed by atoms with van der Waals surface area (Å²) in [5.41, 5.74) is 3.57. The summed E-state index contributed by atoms with van der Waals surface area (Å²) in [6.45, 7) is 7.06. The van der Waals surface area contributed by atoms with Crippen LogP contribution >= 0.6 is 11.3 Å². The number of anilines is 1. The van der Waals surface area contributed by atoms with Crippen LogP contribution in [0.4, 0.5) is 5.13 Å². The molecule has 0 aliphatic carbocycles. The number of aromatic nitrogens is 2. The van der Waals surface area contributed by atoms with E-state index >= 15 is 0 Å². The number of carbonyl (C=O) groups excluding carboxylic acids is 2. The predicted molar refractivity (Wildman–Crippen MR) is 169 cm³/mol. The molecule has 0 radical (unpaired) electrons. The molecule has 0 atom stereocenters. The van der Waals surface area contributed by atoms with Crippen LogP contribution in [0.1, 0.15) is 48.7 Å². The number of nitrogens with zero attached hydrogens (tertiary/aromatic N) is 3. The van der Waals surface area contributed by atoms with Gasteiger partial charge in [-0.05, 0) is 71.5 Å². The molecular formula is C33H38N4O5S. The van der Waals surface area contributed by atoms with Crippen LogP contribution in [0.2, 0.25) is 0 Å². The summed E-state index contributed by atoms with van der Waals surface area (Å²) >= 11 is 1.28. The fourth-order valence-corrected chi connectivity index (χ4v) is 5.22. The van der Waals surface area contributed by atoms with Crippen molar-refractivity contribution in [2.75, 3.05) is 39.7 Å². The van der Waals surface area contributed by atoms with E-state index in [1.165, 1.54) is 11.3 Å². The van der Waals surface area contributed by atoms with E-state index in [1.54, 1.807) is 26.2 Å². The molecule has 4 aromatic rings. The Morgan fingerprint density at radius 1 is 0.837 bits per heavy atom. The number of ether oxygens (including phenoxy) is 3. The zero-order chi connectivity index (χ0) is 31.0. The summed E-state index contributed by atoms with van der Waals surface area (Å²) < 4.78 is 16.0. The van der Waals surface area contributed by atoms with Crippen molar-refractivity contribution in [2.45, 2.75) is 39.0 Å². The number of carbonyl (C=O) groups is 2. The van der Waals surface area contributed by atoms with Gasteiger partial charge < -0.3 is 24.4 Å². The van der Waals surface area contributed by atoms with Crippen molar-refractivity contribution in [3.63, 3.8) is 0 Å². The van der Waals surface area contributed by atoms with E-state index in [2.05, 4.69) is 36.3 Å². The first-order chi connectivity index (χ1) is 20.6. The van der Waals surface area contributed by atoms with Crippen LogP contribution in [0, 0.1) is 0 Å². The Bertz CT molecular complexity index is 1530. The molecule has 43 heavy (non-hydrogen) atoms. The second kappa shape index (κ2) is 14.2. The smallest absolute Gasteiger partial charge is 0.253 e. The molecule has 10 heteroatoms. The lowest BCUT2D eigenvalue weighted by Gasteiger charge is -2.24. The topological polar surface area (TPSA) is 103 Å². The quantitative estimate of drug-likeness (QED) is 0.205. The summed E-state index contributed by atoms with van der Waals surface area (Å²) in [5.74, 6) is 1.63. The van der Waals surface area contributed by atoms with Gasteiger partial charge in [0, 0.05) is 30.6 Å². The van der Waals surface area contributed by atoms with Gasteiger partial charge in [-0.3, -0.25) is 9.59 Å². The summed E-state index contributed by atoms with van der Waals surface area (Å²) in [5, 5.41) is 12.2. The predicted octanol–water partition coefficient (Wildman–Crippen LogP) is 6.24. The third-order valence-electron chi connectivity index (χ3n) is 7.02. The number of hydrogen-bond acceptors (Lipinski definition) is 8. The molecule has 9 nitrogen and oxygen atoms in total. The first kappa shape index (κ1) is 31.5. The molecule has 4 rings (SSSR count). The normalized spacial score (nSPS) is 11.1. The Hall–Kier alpha value is -4.44. The lowest BCUT2D eigenvalue weighted by atomic mass is 9.86. The van der Waals surface area contributed by atoms with E-state index in [9.17, 15) is 9.59 Å². The van der Waals surface area contributed by atoms with Crippen molar-refractivity contribution < 1.29 is 23.8 Å². The second-order valence-corrected chi connectivity index (χ2v) is 12.0. The van der Waals surface area contributed by atoms with E-state index in [-0.39, 0.29) is 30.2 Å². The molecule has 1 N–H and O–H groups in total. The summed E-state index contributed by atoms with van der Waals surface area (Å²) in [7, 11) is 4.80. The first-order valence-corrected chi connectivity index (χ1v) is 14.8. The molecule has 0 saturated carbocycles. The fourth-order valence-electron chi connectivity index (χ4n) is 4.45. The summed E-state index contributed by atoms with van der Waals surface area (Å²) in [6.07, 6.45) is 0.685. The highest BCUT2D eigenvalue weighted by atomic mass is 32.1. The Morgan fingerprint density at radius 3 is 2.16 bits per heavy atom. The van der Waals surface area contributed by atoms with Gasteiger partial charge in [-0.15, -0.1) is 10.2 Å². The van der Waals surface area contributed by atoms with Gasteiger partial charge >= 0.3 is 0 Å². The molecule has 1 heterocycles. The van der Waals surface area contributed by atoms with Crippen LogP contribution in [0.3, 0.4) is 0 Å². The van der Waals surface area contributed by atoms with Crippen LogP contribution in [0.15, 0.2) is 66.7 Å². The molecule has 2 amide bonds. The van der Waals surface area contributed by atoms with Gasteiger partial charge in [-0.2, -0.15) is 0 Å². The highest BCUT2D eigenvalue weighted by Gasteiger charge is 2.20. The van der Waals surface area contributed by atoms with Crippen LogP contribution in [-0.4, -0.2) is 61.3 Å². The van der Waals surface area contributed by atoms with E-state index in [0.29, 0.717) is 40.2 Å². The Kier molecular flexibility index (Phi) is 10.4. The standard InChI is InChI=1S/C33H38N4O5S/c1-33(2,3)25-12-8-24(9-13-25)31(39)37(19-17-22-7-16-27(41-5)28(21-22)42-6)20-18-29(38)34-32-36-35-30(43-32)23-10-14-26(40-4)15-11-23/h7-16,21H,17-20H2,1-6H3,(H,34,36,38). The lowest BCUT2D eigenvalue weighted by Crippen LogP contribution is -2.35. The van der Waals surface area contributed by atoms with Crippen LogP contribution in [-0.2, 0) is 16.6 Å². The van der Waals surface area contributed by atoms with Gasteiger partial charge in [0.05, 0.1) is 21.3 Å². The van der Waals surface area contributed by atoms with Gasteiger partial charge in [0.25, 0.3) is 5.91 Å². The van der Waals surface area contributed by atoms with Gasteiger partial charge in [-0.1, -0.05) is 50.3 Å². The Balaban J connectivity index is 1.44. The van der Waals surface area contributed by atoms with Crippen LogP contribution < -0.4 is 19.5 Å². The molecule has 0 bridgehead atoms. The largest absolute Gasteiger partial charge is 0.497 e. The average Bonchev–Trinajstić information content (AvgIpc) is 3.48. The maximum absolute atomic E-state index is 13.6. The molecule has 0 fully saturated rings. The fraction of sp³-hybridized carbons (Fsp3) is 0.333. The van der Waals surface area contributed by atoms with Crippen molar-refractivity contribution in [3.05, 3.63) is 83.4 Å². The Labute approximate surface area is 256 Å². The molecule has 0 unspecified atom stereocenters. The molecular weight excluding hydrogens is 564 g/mol. The molecule has 3 aromatic carbocycles. The number of benzene rings is 3. The van der Waals surface area contributed by atoms with Crippen molar-refractivity contribution in [2.24, 2.45) is 0 Å². The third kappa shape index (κ3) is 8.32. The highest BCUT2D eigenvalue weighted by Crippen LogP contribution is 2.29. The molecule has 0 aliphatic heterocycles. The van der Waals surface area contributed by atoms with Crippen molar-refractivity contribution in [1.82, 2.24) is 15.1 Å². The SMILES string of the molecule is COc1ccc(-c2nnc(NC(=O)CCN(CCc3ccc(OC)c(OC)c3)C(=O)c3ccc(C(C)(C)C)cc3)s2)cc1.